The Hall–Kier alpha value is -2.14. The Morgan fingerprint density at radius 2 is 1.70 bits per heavy atom. The topological polar surface area (TPSA) is 55.4 Å². The monoisotopic (exact) mass is 375 g/mol. The lowest BCUT2D eigenvalue weighted by atomic mass is 10.1. The number of nitrogens with one attached hydrogen (secondary N) is 1. The number of rotatable bonds is 6. The van der Waals surface area contributed by atoms with E-state index < -0.39 is 6.10 Å². The molecule has 0 saturated carbocycles. The third-order valence-corrected chi connectivity index (χ3v) is 3.82. The molecule has 0 aliphatic carbocycles. The lowest BCUT2D eigenvalue weighted by Crippen LogP contribution is -2.30. The van der Waals surface area contributed by atoms with E-state index in [2.05, 4.69) is 21.2 Å². The molecule has 1 amide bonds. The molecule has 1 N–H and O–H groups in total. The fraction of sp³-hybridized carbons (Fsp3) is 0.222. The van der Waals surface area contributed by atoms with Gasteiger partial charge in [0.25, 0.3) is 5.91 Å². The standard InChI is InChI=1S/C18H18BrNO3/c1-3-17(21)13-4-10-16(11-5-13)23-12(2)18(22)20-15-8-6-14(19)7-9-15/h4-12H,3H2,1-2H3,(H,20,22). The average molecular weight is 376 g/mol. The molecule has 2 aromatic rings. The van der Waals surface area contributed by atoms with Gasteiger partial charge in [0, 0.05) is 22.1 Å². The largest absolute Gasteiger partial charge is 0.481 e. The molecule has 0 aromatic heterocycles. The minimum absolute atomic E-state index is 0.0811. The lowest BCUT2D eigenvalue weighted by Gasteiger charge is -2.15. The number of anilines is 1. The van der Waals surface area contributed by atoms with Crippen molar-refractivity contribution >= 4 is 33.3 Å². The van der Waals surface area contributed by atoms with Gasteiger partial charge in [0.1, 0.15) is 5.75 Å². The Bertz CT molecular complexity index is 680. The minimum Gasteiger partial charge on any atom is -0.481 e. The average Bonchev–Trinajstić information content (AvgIpc) is 2.56. The van der Waals surface area contributed by atoms with Crippen LogP contribution in [0.2, 0.25) is 0 Å². The molecule has 0 aliphatic heterocycles. The van der Waals surface area contributed by atoms with Crippen LogP contribution in [0, 0.1) is 0 Å². The van der Waals surface area contributed by atoms with Crippen LogP contribution in [0.5, 0.6) is 5.75 Å². The number of carbonyl (C=O) groups excluding carboxylic acids is 2. The molecule has 4 nitrogen and oxygen atoms in total. The predicted octanol–water partition coefficient (Wildman–Crippen LogP) is 4.45. The Morgan fingerprint density at radius 1 is 1.09 bits per heavy atom. The molecular formula is C18H18BrNO3. The fourth-order valence-electron chi connectivity index (χ4n) is 1.96. The van der Waals surface area contributed by atoms with Gasteiger partial charge in [-0.05, 0) is 55.5 Å². The molecule has 0 aliphatic rings. The summed E-state index contributed by atoms with van der Waals surface area (Å²) in [7, 11) is 0. The summed E-state index contributed by atoms with van der Waals surface area (Å²) in [5.74, 6) is 0.398. The number of amides is 1. The summed E-state index contributed by atoms with van der Waals surface area (Å²) in [6.07, 6.45) is -0.182. The maximum atomic E-state index is 12.1. The lowest BCUT2D eigenvalue weighted by molar-refractivity contribution is -0.122. The molecule has 0 bridgehead atoms. The third-order valence-electron chi connectivity index (χ3n) is 3.29. The van der Waals surface area contributed by atoms with Gasteiger partial charge in [-0.2, -0.15) is 0 Å². The molecule has 0 radical (unpaired) electrons. The second kappa shape index (κ2) is 7.92. The second-order valence-corrected chi connectivity index (χ2v) is 5.97. The summed E-state index contributed by atoms with van der Waals surface area (Å²) in [5, 5.41) is 2.79. The van der Waals surface area contributed by atoms with Crippen LogP contribution in [0.3, 0.4) is 0 Å². The van der Waals surface area contributed by atoms with Gasteiger partial charge in [0.2, 0.25) is 0 Å². The maximum Gasteiger partial charge on any atom is 0.265 e. The zero-order valence-electron chi connectivity index (χ0n) is 13.0. The van der Waals surface area contributed by atoms with Gasteiger partial charge in [0.05, 0.1) is 0 Å². The Morgan fingerprint density at radius 3 is 2.26 bits per heavy atom. The van der Waals surface area contributed by atoms with Gasteiger partial charge in [0.15, 0.2) is 11.9 Å². The van der Waals surface area contributed by atoms with Gasteiger partial charge < -0.3 is 10.1 Å². The van der Waals surface area contributed by atoms with Crippen molar-refractivity contribution in [2.24, 2.45) is 0 Å². The summed E-state index contributed by atoms with van der Waals surface area (Å²) in [6, 6.07) is 14.1. The van der Waals surface area contributed by atoms with E-state index in [1.54, 1.807) is 43.3 Å². The predicted molar refractivity (Wildman–Crippen MR) is 93.9 cm³/mol. The first-order valence-electron chi connectivity index (χ1n) is 7.36. The third kappa shape index (κ3) is 4.93. The van der Waals surface area contributed by atoms with Gasteiger partial charge >= 0.3 is 0 Å². The van der Waals surface area contributed by atoms with E-state index in [-0.39, 0.29) is 11.7 Å². The van der Waals surface area contributed by atoms with Crippen molar-refractivity contribution in [1.29, 1.82) is 0 Å². The Labute approximate surface area is 144 Å². The normalized spacial score (nSPS) is 11.6. The summed E-state index contributed by atoms with van der Waals surface area (Å²) >= 11 is 3.34. The number of Topliss-reactive ketones (excluding diaryl/α,β-unsaturated/α-hetero) is 1. The first kappa shape index (κ1) is 17.2. The molecule has 0 saturated heterocycles. The molecule has 5 heteroatoms. The smallest absolute Gasteiger partial charge is 0.265 e. The highest BCUT2D eigenvalue weighted by Crippen LogP contribution is 2.17. The number of carbonyl (C=O) groups is 2. The second-order valence-electron chi connectivity index (χ2n) is 5.06. The highest BCUT2D eigenvalue weighted by atomic mass is 79.9. The van der Waals surface area contributed by atoms with Gasteiger partial charge in [-0.1, -0.05) is 22.9 Å². The van der Waals surface area contributed by atoms with Crippen molar-refractivity contribution in [3.63, 3.8) is 0 Å². The summed E-state index contributed by atoms with van der Waals surface area (Å²) in [6.45, 7) is 3.50. The number of hydrogen-bond acceptors (Lipinski definition) is 3. The van der Waals surface area contributed by atoms with E-state index >= 15 is 0 Å². The highest BCUT2D eigenvalue weighted by molar-refractivity contribution is 9.10. The molecule has 2 rings (SSSR count). The van der Waals surface area contributed by atoms with Gasteiger partial charge in [-0.15, -0.1) is 0 Å². The zero-order chi connectivity index (χ0) is 16.8. The first-order chi connectivity index (χ1) is 11.0. The number of hydrogen-bond donors (Lipinski definition) is 1. The number of benzene rings is 2. The van der Waals surface area contributed by atoms with E-state index in [9.17, 15) is 9.59 Å². The van der Waals surface area contributed by atoms with Crippen LogP contribution < -0.4 is 10.1 Å². The molecule has 0 spiro atoms. The van der Waals surface area contributed by atoms with E-state index in [1.807, 2.05) is 19.1 Å². The van der Waals surface area contributed by atoms with E-state index in [0.717, 1.165) is 4.47 Å². The molecule has 120 valence electrons. The minimum atomic E-state index is -0.647. The van der Waals surface area contributed by atoms with Crippen LogP contribution in [0.1, 0.15) is 30.6 Å². The molecule has 23 heavy (non-hydrogen) atoms. The van der Waals surface area contributed by atoms with Gasteiger partial charge in [-0.25, -0.2) is 0 Å². The molecular weight excluding hydrogens is 358 g/mol. The van der Waals surface area contributed by atoms with Crippen molar-refractivity contribution < 1.29 is 14.3 Å². The molecule has 1 unspecified atom stereocenters. The summed E-state index contributed by atoms with van der Waals surface area (Å²) < 4.78 is 6.55. The van der Waals surface area contributed by atoms with E-state index in [0.29, 0.717) is 23.4 Å². The van der Waals surface area contributed by atoms with Crippen LogP contribution in [0.25, 0.3) is 0 Å². The molecule has 2 aromatic carbocycles. The van der Waals surface area contributed by atoms with Crippen LogP contribution in [-0.4, -0.2) is 17.8 Å². The van der Waals surface area contributed by atoms with Crippen LogP contribution in [0.15, 0.2) is 53.0 Å². The SMILES string of the molecule is CCC(=O)c1ccc(OC(C)C(=O)Nc2ccc(Br)cc2)cc1. The van der Waals surface area contributed by atoms with Crippen molar-refractivity contribution in [3.05, 3.63) is 58.6 Å². The van der Waals surface area contributed by atoms with Gasteiger partial charge in [-0.3, -0.25) is 9.59 Å². The van der Waals surface area contributed by atoms with E-state index in [4.69, 9.17) is 4.74 Å². The molecule has 1 atom stereocenters. The number of halogens is 1. The quantitative estimate of drug-likeness (QED) is 0.758. The van der Waals surface area contributed by atoms with Crippen LogP contribution >= 0.6 is 15.9 Å². The van der Waals surface area contributed by atoms with E-state index in [1.165, 1.54) is 0 Å². The van der Waals surface area contributed by atoms with Crippen molar-refractivity contribution in [3.8, 4) is 5.75 Å². The Balaban J connectivity index is 1.95. The molecule has 0 heterocycles. The highest BCUT2D eigenvalue weighted by Gasteiger charge is 2.15. The van der Waals surface area contributed by atoms with Crippen molar-refractivity contribution in [1.82, 2.24) is 0 Å². The number of ether oxygens (including phenoxy) is 1. The maximum absolute atomic E-state index is 12.1. The summed E-state index contributed by atoms with van der Waals surface area (Å²) in [4.78, 5) is 23.7. The van der Waals surface area contributed by atoms with Crippen molar-refractivity contribution in [2.45, 2.75) is 26.4 Å². The Kier molecular flexibility index (Phi) is 5.93. The first-order valence-corrected chi connectivity index (χ1v) is 8.15. The summed E-state index contributed by atoms with van der Waals surface area (Å²) in [5.41, 5.74) is 1.35. The number of ketones is 1. The zero-order valence-corrected chi connectivity index (χ0v) is 14.6. The fourth-order valence-corrected chi connectivity index (χ4v) is 2.22. The van der Waals surface area contributed by atoms with Crippen LogP contribution in [0.4, 0.5) is 5.69 Å². The van der Waals surface area contributed by atoms with Crippen LogP contribution in [-0.2, 0) is 4.79 Å². The van der Waals surface area contributed by atoms with Crippen molar-refractivity contribution in [2.75, 3.05) is 5.32 Å². The molecule has 0 fully saturated rings.